The van der Waals surface area contributed by atoms with Crippen LogP contribution in [0.2, 0.25) is 0 Å². The molecule has 0 saturated carbocycles. The van der Waals surface area contributed by atoms with Gasteiger partial charge in [-0.25, -0.2) is 4.39 Å². The Morgan fingerprint density at radius 2 is 1.80 bits per heavy atom. The molecule has 1 aromatic rings. The van der Waals surface area contributed by atoms with Crippen molar-refractivity contribution in [3.05, 3.63) is 45.2 Å². The van der Waals surface area contributed by atoms with Crippen LogP contribution in [0.3, 0.4) is 0 Å². The van der Waals surface area contributed by atoms with E-state index in [-0.39, 0.29) is 54.7 Å². The molecule has 6 atom stereocenters. The molecule has 0 bridgehead atoms. The number of aromatic hydroxyl groups is 1. The van der Waals surface area contributed by atoms with Crippen molar-refractivity contribution in [1.29, 1.82) is 0 Å². The van der Waals surface area contributed by atoms with Crippen molar-refractivity contribution in [2.45, 2.75) is 44.0 Å². The average molecular weight is 557 g/mol. The first-order chi connectivity index (χ1) is 18.8. The maximum Gasteiger partial charge on any atom is 0.255 e. The summed E-state index contributed by atoms with van der Waals surface area (Å²) in [5.74, 6) is -8.92. The number of carbonyl (C=O) groups is 4. The number of hydrogen-bond donors (Lipinski definition) is 6. The van der Waals surface area contributed by atoms with Crippen molar-refractivity contribution in [3.63, 3.8) is 0 Å². The first-order valence-corrected chi connectivity index (χ1v) is 13.0. The van der Waals surface area contributed by atoms with Crippen molar-refractivity contribution in [2.24, 2.45) is 23.5 Å². The fourth-order valence-corrected chi connectivity index (χ4v) is 7.44. The van der Waals surface area contributed by atoms with Gasteiger partial charge in [0.25, 0.3) is 5.91 Å². The highest BCUT2D eigenvalue weighted by molar-refractivity contribution is 6.22. The number of anilines is 1. The Morgan fingerprint density at radius 3 is 2.45 bits per heavy atom. The number of halogens is 1. The molecule has 2 amide bonds. The van der Waals surface area contributed by atoms with Gasteiger partial charge in [0.05, 0.1) is 35.4 Å². The lowest BCUT2D eigenvalue weighted by Gasteiger charge is -2.46. The standard InChI is InChI=1S/C27H29FN4O8/c1-31(2)20-11-4-8-3-10-15(21(34)14(8)22(35)16(11)23(36)17(25(20)38)26(29)39)24(37)19-12(18(10)28)7-32-6-9(33)5-13(32)27(40)30-19/h8-9,11,13,16,20,33,35,37-38H,3-7H2,1-2H3,(H2,29,39)(H,30,40)/t8-,9-,11?,13-,16?,20-/m0/s1. The maximum absolute atomic E-state index is 16.2. The van der Waals surface area contributed by atoms with Crippen LogP contribution < -0.4 is 11.1 Å². The molecular weight excluding hydrogens is 527 g/mol. The Morgan fingerprint density at radius 1 is 1.10 bits per heavy atom. The summed E-state index contributed by atoms with van der Waals surface area (Å²) in [6, 6.07) is -1.62. The third kappa shape index (κ3) is 3.47. The fourth-order valence-electron chi connectivity index (χ4n) is 7.44. The van der Waals surface area contributed by atoms with Crippen molar-refractivity contribution < 1.29 is 44.0 Å². The zero-order chi connectivity index (χ0) is 28.9. The maximum atomic E-state index is 16.2. The predicted octanol–water partition coefficient (Wildman–Crippen LogP) is 0.0321. The normalized spacial score (nSPS) is 31.8. The number of primary amides is 1. The number of carbonyl (C=O) groups excluding carboxylic acids is 4. The summed E-state index contributed by atoms with van der Waals surface area (Å²) in [5, 5.41) is 46.0. The van der Waals surface area contributed by atoms with Crippen molar-refractivity contribution in [2.75, 3.05) is 26.0 Å². The number of nitrogens with two attached hydrogens (primary N) is 1. The molecule has 1 aromatic carbocycles. The average Bonchev–Trinajstić information content (AvgIpc) is 3.17. The van der Waals surface area contributed by atoms with Gasteiger partial charge < -0.3 is 31.5 Å². The van der Waals surface area contributed by atoms with Gasteiger partial charge in [0.2, 0.25) is 5.91 Å². The van der Waals surface area contributed by atoms with Crippen molar-refractivity contribution in [3.8, 4) is 5.75 Å². The van der Waals surface area contributed by atoms with Crippen molar-refractivity contribution >= 4 is 29.1 Å². The largest absolute Gasteiger partial charge is 0.511 e. The number of aliphatic hydroxyl groups excluding tert-OH is 3. The highest BCUT2D eigenvalue weighted by Crippen LogP contribution is 2.52. The molecule has 2 unspecified atom stereocenters. The number of phenolic OH excluding ortho intramolecular Hbond substituents is 1. The third-order valence-corrected chi connectivity index (χ3v) is 9.06. The zero-order valence-corrected chi connectivity index (χ0v) is 21.8. The minimum atomic E-state index is -1.35. The van der Waals surface area contributed by atoms with Crippen LogP contribution in [0.4, 0.5) is 10.1 Å². The van der Waals surface area contributed by atoms with Crippen LogP contribution in [-0.2, 0) is 27.3 Å². The highest BCUT2D eigenvalue weighted by Gasteiger charge is 2.55. The van der Waals surface area contributed by atoms with E-state index in [4.69, 9.17) is 5.73 Å². The molecule has 13 heteroatoms. The Kier molecular flexibility index (Phi) is 5.84. The number of fused-ring (bicyclic) bond motifs is 5. The first-order valence-electron chi connectivity index (χ1n) is 13.0. The first kappa shape index (κ1) is 26.4. The number of allylic oxidation sites excluding steroid dienone is 2. The second-order valence-electron chi connectivity index (χ2n) is 11.5. The summed E-state index contributed by atoms with van der Waals surface area (Å²) >= 11 is 0. The van der Waals surface area contributed by atoms with Crippen LogP contribution in [0, 0.1) is 23.6 Å². The fraction of sp³-hybridized carbons (Fsp3) is 0.481. The lowest BCUT2D eigenvalue weighted by molar-refractivity contribution is -0.127. The number of hydrogen-bond acceptors (Lipinski definition) is 10. The SMILES string of the molecule is CN(C)[C@@H]1C(O)=C(C(N)=O)C(=O)C2C(O)=C3C(=O)c4c(O)c5c(c(F)c4C[C@H]3CC21)CN1C[C@@H](O)C[C@H]1C(=O)N5. The second kappa shape index (κ2) is 8.85. The monoisotopic (exact) mass is 556 g/mol. The van der Waals surface area contributed by atoms with Gasteiger partial charge in [0.1, 0.15) is 22.9 Å². The Bertz CT molecular complexity index is 1480. The van der Waals surface area contributed by atoms with Gasteiger partial charge in [-0.05, 0) is 45.2 Å². The minimum absolute atomic E-state index is 0.00923. The molecule has 0 spiro atoms. The molecule has 1 fully saturated rings. The molecule has 0 radical (unpaired) electrons. The van der Waals surface area contributed by atoms with Gasteiger partial charge in [0, 0.05) is 29.8 Å². The number of ketones is 2. The van der Waals surface area contributed by atoms with Crippen LogP contribution in [0.1, 0.15) is 34.3 Å². The van der Waals surface area contributed by atoms with E-state index in [2.05, 4.69) is 5.32 Å². The summed E-state index contributed by atoms with van der Waals surface area (Å²) in [7, 11) is 3.24. The van der Waals surface area contributed by atoms with E-state index in [0.29, 0.717) is 0 Å². The number of aliphatic hydroxyl groups is 3. The van der Waals surface area contributed by atoms with E-state index in [0.717, 1.165) is 0 Å². The summed E-state index contributed by atoms with van der Waals surface area (Å²) in [5.41, 5.74) is 3.82. The summed E-state index contributed by atoms with van der Waals surface area (Å²) in [6.07, 6.45) is -0.629. The molecule has 2 heterocycles. The number of Topliss-reactive ketones (excluding diaryl/α,β-unsaturated/α-hetero) is 2. The van der Waals surface area contributed by atoms with Crippen LogP contribution >= 0.6 is 0 Å². The molecule has 7 N–H and O–H groups in total. The van der Waals surface area contributed by atoms with E-state index >= 15 is 4.39 Å². The number of nitrogens with one attached hydrogen (secondary N) is 1. The lowest BCUT2D eigenvalue weighted by atomic mass is 9.61. The zero-order valence-electron chi connectivity index (χ0n) is 21.8. The number of phenols is 1. The molecule has 3 aliphatic carbocycles. The molecular formula is C27H29FN4O8. The number of nitrogens with zero attached hydrogens (tertiary/aromatic N) is 2. The smallest absolute Gasteiger partial charge is 0.255 e. The lowest BCUT2D eigenvalue weighted by Crippen LogP contribution is -2.53. The van der Waals surface area contributed by atoms with Crippen molar-refractivity contribution in [1.82, 2.24) is 9.80 Å². The van der Waals surface area contributed by atoms with Gasteiger partial charge in [-0.2, -0.15) is 0 Å². The number of likely N-dealkylation sites (N-methyl/N-ethyl adjacent to an activating group) is 1. The molecule has 1 saturated heterocycles. The van der Waals surface area contributed by atoms with Gasteiger partial charge in [0.15, 0.2) is 17.3 Å². The Balaban J connectivity index is 1.49. The van der Waals surface area contributed by atoms with Crippen LogP contribution in [-0.4, -0.2) is 92.4 Å². The van der Waals surface area contributed by atoms with E-state index in [1.54, 1.807) is 23.9 Å². The van der Waals surface area contributed by atoms with E-state index in [1.165, 1.54) is 0 Å². The molecule has 5 aliphatic rings. The highest BCUT2D eigenvalue weighted by atomic mass is 19.1. The van der Waals surface area contributed by atoms with E-state index in [9.17, 15) is 39.6 Å². The van der Waals surface area contributed by atoms with E-state index < -0.39 is 93.5 Å². The summed E-state index contributed by atoms with van der Waals surface area (Å²) < 4.78 is 16.2. The minimum Gasteiger partial charge on any atom is -0.511 e. The van der Waals surface area contributed by atoms with Crippen LogP contribution in [0.5, 0.6) is 5.75 Å². The van der Waals surface area contributed by atoms with E-state index in [1.807, 2.05) is 0 Å². The molecule has 12 nitrogen and oxygen atoms in total. The van der Waals surface area contributed by atoms with Gasteiger partial charge in [-0.15, -0.1) is 0 Å². The topological polar surface area (TPSA) is 194 Å². The van der Waals surface area contributed by atoms with Crippen LogP contribution in [0.15, 0.2) is 22.7 Å². The third-order valence-electron chi connectivity index (χ3n) is 9.06. The second-order valence-corrected chi connectivity index (χ2v) is 11.5. The van der Waals surface area contributed by atoms with Crippen LogP contribution in [0.25, 0.3) is 0 Å². The molecule has 40 heavy (non-hydrogen) atoms. The Labute approximate surface area is 227 Å². The van der Waals surface area contributed by atoms with Gasteiger partial charge >= 0.3 is 0 Å². The van der Waals surface area contributed by atoms with Gasteiger partial charge in [-0.1, -0.05) is 0 Å². The van der Waals surface area contributed by atoms with Gasteiger partial charge in [-0.3, -0.25) is 29.0 Å². The quantitative estimate of drug-likeness (QED) is 0.214. The summed E-state index contributed by atoms with van der Waals surface area (Å²) in [4.78, 5) is 55.3. The summed E-state index contributed by atoms with van der Waals surface area (Å²) in [6.45, 7) is 0.0657. The molecule has 0 aromatic heterocycles. The molecule has 2 aliphatic heterocycles. The Hall–Kier alpha value is -3.81. The number of amides is 2. The molecule has 212 valence electrons. The number of rotatable bonds is 2. The number of benzene rings is 1. The predicted molar refractivity (Wildman–Crippen MR) is 136 cm³/mol. The molecule has 6 rings (SSSR count).